The summed E-state index contributed by atoms with van der Waals surface area (Å²) in [7, 11) is 0. The van der Waals surface area contributed by atoms with Gasteiger partial charge in [-0.15, -0.1) is 0 Å². The second-order valence-corrected chi connectivity index (χ2v) is 3.37. The van der Waals surface area contributed by atoms with Crippen LogP contribution in [0.5, 0.6) is 0 Å². The molecule has 0 aliphatic rings. The summed E-state index contributed by atoms with van der Waals surface area (Å²) in [6.45, 7) is 0. The highest BCUT2D eigenvalue weighted by Crippen LogP contribution is 2.31. The molecule has 0 spiro atoms. The first kappa shape index (κ1) is 9.75. The molecule has 1 aromatic heterocycles. The lowest BCUT2D eigenvalue weighted by molar-refractivity contribution is 0.629. The van der Waals surface area contributed by atoms with Gasteiger partial charge in [0.2, 0.25) is 0 Å². The SMILES string of the molecule is N#Cc1c[nH]cc1-c1cccc(F)c1Cl. The van der Waals surface area contributed by atoms with E-state index in [0.29, 0.717) is 16.7 Å². The molecule has 1 heterocycles. The van der Waals surface area contributed by atoms with E-state index in [1.54, 1.807) is 24.5 Å². The molecule has 0 atom stereocenters. The zero-order chi connectivity index (χ0) is 10.8. The molecule has 0 amide bonds. The van der Waals surface area contributed by atoms with Crippen LogP contribution in [0.25, 0.3) is 11.1 Å². The van der Waals surface area contributed by atoms with Gasteiger partial charge in [0.05, 0.1) is 10.6 Å². The van der Waals surface area contributed by atoms with E-state index in [2.05, 4.69) is 4.98 Å². The maximum absolute atomic E-state index is 13.2. The molecule has 0 fully saturated rings. The van der Waals surface area contributed by atoms with E-state index in [0.717, 1.165) is 0 Å². The number of nitrogens with zero attached hydrogens (tertiary/aromatic N) is 1. The molecule has 1 N–H and O–H groups in total. The Hall–Kier alpha value is -1.79. The van der Waals surface area contributed by atoms with E-state index in [-0.39, 0.29) is 5.02 Å². The fraction of sp³-hybridized carbons (Fsp3) is 0. The van der Waals surface area contributed by atoms with E-state index in [9.17, 15) is 4.39 Å². The van der Waals surface area contributed by atoms with Crippen molar-refractivity contribution in [1.29, 1.82) is 5.26 Å². The van der Waals surface area contributed by atoms with Crippen LogP contribution in [0.4, 0.5) is 4.39 Å². The van der Waals surface area contributed by atoms with Crippen molar-refractivity contribution in [1.82, 2.24) is 4.98 Å². The van der Waals surface area contributed by atoms with Crippen LogP contribution in [0.2, 0.25) is 5.02 Å². The monoisotopic (exact) mass is 220 g/mol. The Morgan fingerprint density at radius 3 is 2.80 bits per heavy atom. The Morgan fingerprint density at radius 1 is 1.27 bits per heavy atom. The highest BCUT2D eigenvalue weighted by Gasteiger charge is 2.11. The summed E-state index contributed by atoms with van der Waals surface area (Å²) in [5.74, 6) is -0.487. The van der Waals surface area contributed by atoms with Crippen molar-refractivity contribution in [3.63, 3.8) is 0 Å². The van der Waals surface area contributed by atoms with E-state index in [1.165, 1.54) is 6.07 Å². The lowest BCUT2D eigenvalue weighted by Crippen LogP contribution is -1.83. The zero-order valence-corrected chi connectivity index (χ0v) is 8.35. The molecule has 2 aromatic rings. The van der Waals surface area contributed by atoms with Crippen LogP contribution >= 0.6 is 11.6 Å². The van der Waals surface area contributed by atoms with E-state index in [4.69, 9.17) is 16.9 Å². The maximum atomic E-state index is 13.2. The van der Waals surface area contributed by atoms with Crippen molar-refractivity contribution >= 4 is 11.6 Å². The summed E-state index contributed by atoms with van der Waals surface area (Å²) >= 11 is 5.82. The smallest absolute Gasteiger partial charge is 0.142 e. The standard InChI is InChI=1S/C11H6ClFN2/c12-11-8(2-1-3-10(11)13)9-6-15-5-7(9)4-14/h1-3,5-6,15H. The predicted molar refractivity (Wildman–Crippen MR) is 55.9 cm³/mol. The van der Waals surface area contributed by atoms with Crippen LogP contribution in [0.1, 0.15) is 5.56 Å². The van der Waals surface area contributed by atoms with Gasteiger partial charge in [0, 0.05) is 23.5 Å². The molecule has 0 unspecified atom stereocenters. The van der Waals surface area contributed by atoms with Gasteiger partial charge in [-0.3, -0.25) is 0 Å². The fourth-order valence-corrected chi connectivity index (χ4v) is 1.62. The minimum atomic E-state index is -0.487. The lowest BCUT2D eigenvalue weighted by Gasteiger charge is -2.02. The molecule has 15 heavy (non-hydrogen) atoms. The van der Waals surface area contributed by atoms with Crippen molar-refractivity contribution in [2.24, 2.45) is 0 Å². The molecule has 0 radical (unpaired) electrons. The van der Waals surface area contributed by atoms with Gasteiger partial charge < -0.3 is 4.98 Å². The van der Waals surface area contributed by atoms with Gasteiger partial charge in [0.1, 0.15) is 11.9 Å². The minimum Gasteiger partial charge on any atom is -0.366 e. The van der Waals surface area contributed by atoms with Gasteiger partial charge in [0.15, 0.2) is 0 Å². The molecule has 0 saturated carbocycles. The summed E-state index contributed by atoms with van der Waals surface area (Å²) in [6.07, 6.45) is 3.18. The molecule has 0 aliphatic heterocycles. The summed E-state index contributed by atoms with van der Waals surface area (Å²) in [5.41, 5.74) is 1.58. The number of nitriles is 1. The Morgan fingerprint density at radius 2 is 2.07 bits per heavy atom. The second kappa shape index (κ2) is 3.76. The zero-order valence-electron chi connectivity index (χ0n) is 7.59. The van der Waals surface area contributed by atoms with Gasteiger partial charge in [0.25, 0.3) is 0 Å². The molecule has 0 bridgehead atoms. The van der Waals surface area contributed by atoms with Gasteiger partial charge in [-0.2, -0.15) is 5.26 Å². The summed E-state index contributed by atoms with van der Waals surface area (Å²) in [5, 5.41) is 8.86. The topological polar surface area (TPSA) is 39.6 Å². The molecule has 4 heteroatoms. The number of H-pyrrole nitrogens is 1. The van der Waals surface area contributed by atoms with Crippen LogP contribution in [0.3, 0.4) is 0 Å². The first-order valence-electron chi connectivity index (χ1n) is 4.25. The van der Waals surface area contributed by atoms with Gasteiger partial charge in [-0.1, -0.05) is 23.7 Å². The van der Waals surface area contributed by atoms with Crippen molar-refractivity contribution in [2.45, 2.75) is 0 Å². The second-order valence-electron chi connectivity index (χ2n) is 3.00. The molecular formula is C11H6ClFN2. The van der Waals surface area contributed by atoms with Gasteiger partial charge in [-0.05, 0) is 6.07 Å². The first-order chi connectivity index (χ1) is 7.24. The van der Waals surface area contributed by atoms with E-state index < -0.39 is 5.82 Å². The maximum Gasteiger partial charge on any atom is 0.142 e. The van der Waals surface area contributed by atoms with Gasteiger partial charge >= 0.3 is 0 Å². The van der Waals surface area contributed by atoms with Gasteiger partial charge in [-0.25, -0.2) is 4.39 Å². The highest BCUT2D eigenvalue weighted by molar-refractivity contribution is 6.33. The molecule has 0 aliphatic carbocycles. The van der Waals surface area contributed by atoms with Crippen LogP contribution in [0.15, 0.2) is 30.6 Å². The number of aromatic nitrogens is 1. The quantitative estimate of drug-likeness (QED) is 0.787. The van der Waals surface area contributed by atoms with Crippen molar-refractivity contribution in [2.75, 3.05) is 0 Å². The summed E-state index contributed by atoms with van der Waals surface area (Å²) in [4.78, 5) is 2.79. The highest BCUT2D eigenvalue weighted by atomic mass is 35.5. The lowest BCUT2D eigenvalue weighted by atomic mass is 10.1. The third kappa shape index (κ3) is 1.60. The predicted octanol–water partition coefficient (Wildman–Crippen LogP) is 3.35. The van der Waals surface area contributed by atoms with Crippen LogP contribution in [0, 0.1) is 17.1 Å². The van der Waals surface area contributed by atoms with Crippen molar-refractivity contribution in [3.05, 3.63) is 47.0 Å². The summed E-state index contributed by atoms with van der Waals surface area (Å²) < 4.78 is 13.2. The molecular weight excluding hydrogens is 215 g/mol. The number of benzene rings is 1. The van der Waals surface area contributed by atoms with Crippen molar-refractivity contribution in [3.8, 4) is 17.2 Å². The average molecular weight is 221 g/mol. The van der Waals surface area contributed by atoms with Crippen LogP contribution < -0.4 is 0 Å². The number of hydrogen-bond acceptors (Lipinski definition) is 1. The number of hydrogen-bond donors (Lipinski definition) is 1. The molecule has 1 aromatic carbocycles. The number of rotatable bonds is 1. The normalized spacial score (nSPS) is 9.93. The van der Waals surface area contributed by atoms with Crippen molar-refractivity contribution < 1.29 is 4.39 Å². The third-order valence-electron chi connectivity index (χ3n) is 2.11. The fourth-order valence-electron chi connectivity index (χ4n) is 1.39. The van der Waals surface area contributed by atoms with Crippen LogP contribution in [-0.2, 0) is 0 Å². The molecule has 0 saturated heterocycles. The van der Waals surface area contributed by atoms with E-state index in [1.807, 2.05) is 6.07 Å². The molecule has 2 nitrogen and oxygen atoms in total. The summed E-state index contributed by atoms with van der Waals surface area (Å²) in [6, 6.07) is 6.53. The van der Waals surface area contributed by atoms with Crippen LogP contribution in [-0.4, -0.2) is 4.98 Å². The Balaban J connectivity index is 2.65. The number of aromatic amines is 1. The largest absolute Gasteiger partial charge is 0.366 e. The molecule has 2 rings (SSSR count). The minimum absolute atomic E-state index is 0.0357. The van der Waals surface area contributed by atoms with E-state index >= 15 is 0 Å². The Bertz CT molecular complexity index is 540. The number of halogens is 2. The molecule has 74 valence electrons. The Labute approximate surface area is 90.9 Å². The number of nitrogens with one attached hydrogen (secondary N) is 1. The Kier molecular flexibility index (Phi) is 2.44. The first-order valence-corrected chi connectivity index (χ1v) is 4.63. The average Bonchev–Trinajstić information content (AvgIpc) is 2.70. The third-order valence-corrected chi connectivity index (χ3v) is 2.49.